The van der Waals surface area contributed by atoms with E-state index in [0.29, 0.717) is 12.8 Å². The van der Waals surface area contributed by atoms with Crippen molar-refractivity contribution in [3.8, 4) is 0 Å². The minimum atomic E-state index is -4.41. The maximum Gasteiger partial charge on any atom is 0.472 e. The van der Waals surface area contributed by atoms with E-state index in [1.165, 1.54) is 0 Å². The maximum atomic E-state index is 12.7. The summed E-state index contributed by atoms with van der Waals surface area (Å²) in [5.41, 5.74) is 5.37. The van der Waals surface area contributed by atoms with Gasteiger partial charge in [0.2, 0.25) is 0 Å². The number of carbonyl (C=O) groups excluding carboxylic acids is 2. The monoisotopic (exact) mass is 1000 g/mol. The van der Waals surface area contributed by atoms with Gasteiger partial charge < -0.3 is 20.1 Å². The van der Waals surface area contributed by atoms with Crippen LogP contribution in [0.3, 0.4) is 0 Å². The molecule has 0 radical (unpaired) electrons. The number of nitrogens with two attached hydrogens (primary N) is 1. The predicted octanol–water partition coefficient (Wildman–Crippen LogP) is 16.9. The summed E-state index contributed by atoms with van der Waals surface area (Å²) in [6.45, 7) is 3.42. The van der Waals surface area contributed by atoms with Gasteiger partial charge in [-0.1, -0.05) is 204 Å². The summed E-state index contributed by atoms with van der Waals surface area (Å²) in [5.74, 6) is -0.900. The van der Waals surface area contributed by atoms with Crippen LogP contribution in [0.5, 0.6) is 0 Å². The molecule has 0 aliphatic rings. The van der Waals surface area contributed by atoms with Crippen molar-refractivity contribution in [1.29, 1.82) is 0 Å². The van der Waals surface area contributed by atoms with Gasteiger partial charge in [-0.2, -0.15) is 0 Å². The van der Waals surface area contributed by atoms with Crippen molar-refractivity contribution in [2.45, 2.75) is 187 Å². The van der Waals surface area contributed by atoms with Crippen molar-refractivity contribution in [3.05, 3.63) is 158 Å². The summed E-state index contributed by atoms with van der Waals surface area (Å²) in [7, 11) is -4.41. The molecule has 0 amide bonds. The van der Waals surface area contributed by atoms with Gasteiger partial charge in [0.15, 0.2) is 6.10 Å². The minimum absolute atomic E-state index is 0.0352. The van der Waals surface area contributed by atoms with Crippen molar-refractivity contribution >= 4 is 19.8 Å². The Morgan fingerprint density at radius 2 is 0.732 bits per heavy atom. The summed E-state index contributed by atoms with van der Waals surface area (Å²) in [6, 6.07) is 0. The summed E-state index contributed by atoms with van der Waals surface area (Å²) >= 11 is 0. The molecule has 2 unspecified atom stereocenters. The number of carbonyl (C=O) groups is 2. The van der Waals surface area contributed by atoms with E-state index in [1.54, 1.807) is 0 Å². The van der Waals surface area contributed by atoms with Crippen LogP contribution >= 0.6 is 7.82 Å². The Balaban J connectivity index is 4.20. The average molecular weight is 1000 g/mol. The molecule has 0 aromatic heterocycles. The van der Waals surface area contributed by atoms with E-state index in [-0.39, 0.29) is 32.6 Å². The van der Waals surface area contributed by atoms with Crippen LogP contribution in [0.2, 0.25) is 0 Å². The molecule has 10 heteroatoms. The largest absolute Gasteiger partial charge is 0.472 e. The van der Waals surface area contributed by atoms with Crippen LogP contribution < -0.4 is 5.73 Å². The lowest BCUT2D eigenvalue weighted by Gasteiger charge is -2.19. The molecule has 0 saturated carbocycles. The van der Waals surface area contributed by atoms with Crippen LogP contribution in [-0.4, -0.2) is 49.3 Å². The zero-order valence-electron chi connectivity index (χ0n) is 44.1. The number of rotatable bonds is 48. The Bertz CT molecular complexity index is 1710. The first kappa shape index (κ1) is 66.6. The molecule has 0 rings (SSSR count). The van der Waals surface area contributed by atoms with Crippen molar-refractivity contribution in [2.24, 2.45) is 5.73 Å². The van der Waals surface area contributed by atoms with Gasteiger partial charge in [-0.05, 0) is 122 Å². The van der Waals surface area contributed by atoms with Gasteiger partial charge in [-0.3, -0.25) is 18.6 Å². The van der Waals surface area contributed by atoms with Crippen LogP contribution in [0.15, 0.2) is 158 Å². The van der Waals surface area contributed by atoms with E-state index in [2.05, 4.69) is 172 Å². The van der Waals surface area contributed by atoms with E-state index in [0.717, 1.165) is 141 Å². The molecule has 0 aromatic carbocycles. The second-order valence-corrected chi connectivity index (χ2v) is 18.4. The number of hydrogen-bond donors (Lipinski definition) is 2. The molecule has 0 aromatic rings. The molecule has 9 nitrogen and oxygen atoms in total. The van der Waals surface area contributed by atoms with Crippen molar-refractivity contribution in [1.82, 2.24) is 0 Å². The lowest BCUT2D eigenvalue weighted by Crippen LogP contribution is -2.29. The second-order valence-electron chi connectivity index (χ2n) is 17.0. The lowest BCUT2D eigenvalue weighted by atomic mass is 10.1. The Morgan fingerprint density at radius 1 is 0.423 bits per heavy atom. The average Bonchev–Trinajstić information content (AvgIpc) is 3.36. The van der Waals surface area contributed by atoms with Gasteiger partial charge in [-0.15, -0.1) is 0 Å². The fraction of sp³-hybridized carbons (Fsp3) is 0.541. The number of ether oxygens (including phenoxy) is 2. The third-order valence-electron chi connectivity index (χ3n) is 10.4. The van der Waals surface area contributed by atoms with Crippen molar-refractivity contribution < 1.29 is 37.6 Å². The van der Waals surface area contributed by atoms with Gasteiger partial charge in [0.05, 0.1) is 13.2 Å². The van der Waals surface area contributed by atoms with Gasteiger partial charge in [0.1, 0.15) is 6.61 Å². The van der Waals surface area contributed by atoms with Crippen LogP contribution in [0.4, 0.5) is 0 Å². The van der Waals surface area contributed by atoms with Gasteiger partial charge >= 0.3 is 19.8 Å². The molecule has 0 fully saturated rings. The Labute approximate surface area is 432 Å². The predicted molar refractivity (Wildman–Crippen MR) is 302 cm³/mol. The minimum Gasteiger partial charge on any atom is -0.462 e. The fourth-order valence-corrected chi connectivity index (χ4v) is 7.26. The first-order valence-electron chi connectivity index (χ1n) is 27.0. The van der Waals surface area contributed by atoms with Crippen LogP contribution in [0.25, 0.3) is 0 Å². The molecule has 0 aliphatic carbocycles. The molecule has 3 N–H and O–H groups in total. The molecule has 2 atom stereocenters. The number of hydrogen-bond acceptors (Lipinski definition) is 8. The molecular weight excluding hydrogens is 906 g/mol. The molecule has 0 bridgehead atoms. The molecule has 0 aliphatic heterocycles. The zero-order valence-corrected chi connectivity index (χ0v) is 45.0. The number of esters is 2. The quantitative estimate of drug-likeness (QED) is 0.0264. The SMILES string of the molecule is CC/C=C\C/C=C\C/C=C\C/C=C\C/C=C\C/C=C\C/C=C\CCCCCC(=O)OC(COC(=O)CCCCCCCC/C=C\C/C=C\C/C=C\C/C=C\C/C=C\C/C=C\CC)COP(=O)(O)OCCN. The second kappa shape index (κ2) is 55.0. The van der Waals surface area contributed by atoms with E-state index < -0.39 is 32.5 Å². The highest BCUT2D eigenvalue weighted by Crippen LogP contribution is 2.43. The van der Waals surface area contributed by atoms with Gasteiger partial charge in [0, 0.05) is 19.4 Å². The normalized spacial score (nSPS) is 14.4. The van der Waals surface area contributed by atoms with E-state index in [1.807, 2.05) is 0 Å². The van der Waals surface area contributed by atoms with E-state index in [9.17, 15) is 19.0 Å². The third-order valence-corrected chi connectivity index (χ3v) is 11.4. The highest BCUT2D eigenvalue weighted by Gasteiger charge is 2.26. The molecule has 71 heavy (non-hydrogen) atoms. The van der Waals surface area contributed by atoms with Gasteiger partial charge in [-0.25, -0.2) is 4.57 Å². The number of phosphoric acid groups is 1. The zero-order chi connectivity index (χ0) is 51.7. The van der Waals surface area contributed by atoms with E-state index >= 15 is 0 Å². The van der Waals surface area contributed by atoms with E-state index in [4.69, 9.17) is 24.3 Å². The third kappa shape index (κ3) is 54.8. The Kier molecular flexibility index (Phi) is 51.6. The molecule has 398 valence electrons. The topological polar surface area (TPSA) is 134 Å². The van der Waals surface area contributed by atoms with Crippen molar-refractivity contribution in [2.75, 3.05) is 26.4 Å². The highest BCUT2D eigenvalue weighted by atomic mass is 31.2. The Morgan fingerprint density at radius 3 is 1.10 bits per heavy atom. The summed E-state index contributed by atoms with van der Waals surface area (Å²) in [4.78, 5) is 35.1. The summed E-state index contributed by atoms with van der Waals surface area (Å²) in [5, 5.41) is 0. The smallest absolute Gasteiger partial charge is 0.462 e. The maximum absolute atomic E-state index is 12.7. The first-order valence-corrected chi connectivity index (χ1v) is 28.5. The summed E-state index contributed by atoms with van der Waals surface area (Å²) in [6.07, 6.45) is 79.9. The van der Waals surface area contributed by atoms with Crippen LogP contribution in [0, 0.1) is 0 Å². The number of unbranched alkanes of at least 4 members (excludes halogenated alkanes) is 9. The highest BCUT2D eigenvalue weighted by molar-refractivity contribution is 7.47. The van der Waals surface area contributed by atoms with Crippen molar-refractivity contribution in [3.63, 3.8) is 0 Å². The lowest BCUT2D eigenvalue weighted by molar-refractivity contribution is -0.161. The summed E-state index contributed by atoms with van der Waals surface area (Å²) < 4.78 is 32.9. The fourth-order valence-electron chi connectivity index (χ4n) is 6.50. The van der Waals surface area contributed by atoms with Crippen LogP contribution in [0.1, 0.15) is 181 Å². The Hall–Kier alpha value is -4.37. The van der Waals surface area contributed by atoms with Crippen LogP contribution in [-0.2, 0) is 32.7 Å². The molecular formula is C61H96NO8P. The molecule has 0 saturated heterocycles. The standard InChI is InChI=1S/C61H96NO8P/c1-3-5-7-9-11-13-15-17-19-21-23-25-27-29-31-33-35-37-39-41-43-45-47-49-51-53-60(63)67-57-59(58-69-71(65,66)68-56-55-62)70-61(64)54-52-50-48-46-44-42-40-38-36-34-32-30-28-26-24-22-20-18-16-14-12-10-8-6-4-2/h5-8,11-14,17-20,23-26,29-32,35-38,42,44,59H,3-4,9-10,15-16,21-22,27-28,33-34,39-41,43,45-58,62H2,1-2H3,(H,65,66)/b7-5-,8-6-,13-11-,14-12-,19-17-,20-18-,25-23-,26-24-,31-29-,32-30-,37-35-,38-36-,44-42-. The first-order chi connectivity index (χ1) is 34.8. The number of allylic oxidation sites excluding steroid dienone is 26. The molecule has 0 spiro atoms. The molecule has 0 heterocycles. The number of phosphoric ester groups is 1. The van der Waals surface area contributed by atoms with Gasteiger partial charge in [0.25, 0.3) is 0 Å².